The molecule has 2 aliphatic heterocycles. The number of carbonyl (C=O) groups excluding carboxylic acids is 1. The van der Waals surface area contributed by atoms with Crippen LogP contribution in [-0.2, 0) is 20.8 Å². The minimum Gasteiger partial charge on any atom is -0.381 e. The van der Waals surface area contributed by atoms with Crippen LogP contribution in [0.1, 0.15) is 30.9 Å². The summed E-state index contributed by atoms with van der Waals surface area (Å²) < 4.78 is 5.37. The molecule has 1 amide bonds. The van der Waals surface area contributed by atoms with E-state index in [0.717, 1.165) is 24.8 Å². The first kappa shape index (κ1) is 17.9. The molecule has 3 aliphatic rings. The van der Waals surface area contributed by atoms with Crippen LogP contribution in [0, 0.1) is 5.92 Å². The number of aromatic nitrogens is 1. The van der Waals surface area contributed by atoms with Crippen molar-refractivity contribution in [1.82, 2.24) is 15.4 Å². The lowest BCUT2D eigenvalue weighted by molar-refractivity contribution is -0.209. The largest absolute Gasteiger partial charge is 0.381 e. The summed E-state index contributed by atoms with van der Waals surface area (Å²) >= 11 is 0. The summed E-state index contributed by atoms with van der Waals surface area (Å²) in [5.41, 5.74) is 4.78. The first-order valence-electron chi connectivity index (χ1n) is 10.1. The van der Waals surface area contributed by atoms with E-state index < -0.39 is 0 Å². The number of H-pyrrole nitrogens is 1. The van der Waals surface area contributed by atoms with E-state index in [9.17, 15) is 4.79 Å². The minimum atomic E-state index is -0.233. The normalized spacial score (nSPS) is 27.4. The number of benzene rings is 1. The van der Waals surface area contributed by atoms with Gasteiger partial charge in [-0.2, -0.15) is 0 Å². The van der Waals surface area contributed by atoms with Crippen LogP contribution < -0.4 is 5.32 Å². The summed E-state index contributed by atoms with van der Waals surface area (Å²) in [6.45, 7) is 4.25. The molecular formula is C22H27N3O3. The van der Waals surface area contributed by atoms with Gasteiger partial charge < -0.3 is 15.0 Å². The highest BCUT2D eigenvalue weighted by atomic mass is 16.7. The standard InChI is InChI=1S/C22H27N3O3/c1-22-11-15-12-23-19-5-3-4-17(20(15)19)18(22)10-14(13-24-22)21(26)25(2)28-16-6-8-27-9-7-16/h3-5,10,12,14,16,23-24H,6-9,11,13H2,1-2H3/t14-,22-/m1/s1. The third-order valence-electron chi connectivity index (χ3n) is 6.40. The van der Waals surface area contributed by atoms with Gasteiger partial charge >= 0.3 is 0 Å². The van der Waals surface area contributed by atoms with Crippen molar-refractivity contribution >= 4 is 22.4 Å². The Morgan fingerprint density at radius 1 is 1.32 bits per heavy atom. The number of hydrogen-bond acceptors (Lipinski definition) is 4. The summed E-state index contributed by atoms with van der Waals surface area (Å²) in [7, 11) is 1.73. The zero-order chi connectivity index (χ0) is 19.3. The number of nitrogens with one attached hydrogen (secondary N) is 2. The molecule has 6 heteroatoms. The highest BCUT2D eigenvalue weighted by molar-refractivity contribution is 6.00. The van der Waals surface area contributed by atoms with Crippen molar-refractivity contribution < 1.29 is 14.4 Å². The summed E-state index contributed by atoms with van der Waals surface area (Å²) in [4.78, 5) is 22.4. The Hall–Kier alpha value is -2.15. The molecule has 0 saturated carbocycles. The summed E-state index contributed by atoms with van der Waals surface area (Å²) in [6, 6.07) is 6.36. The van der Waals surface area contributed by atoms with Crippen LogP contribution in [0.5, 0.6) is 0 Å². The summed E-state index contributed by atoms with van der Waals surface area (Å²) in [5, 5.41) is 6.38. The van der Waals surface area contributed by atoms with E-state index in [1.807, 2.05) is 0 Å². The van der Waals surface area contributed by atoms with Gasteiger partial charge in [0.1, 0.15) is 0 Å². The summed E-state index contributed by atoms with van der Waals surface area (Å²) in [5.74, 6) is -0.232. The monoisotopic (exact) mass is 381 g/mol. The lowest BCUT2D eigenvalue weighted by Gasteiger charge is -2.42. The Balaban J connectivity index is 1.43. The van der Waals surface area contributed by atoms with Crippen LogP contribution in [0.25, 0.3) is 16.5 Å². The molecule has 3 heterocycles. The minimum absolute atomic E-state index is 0.000539. The fraction of sp³-hybridized carbons (Fsp3) is 0.500. The zero-order valence-electron chi connectivity index (χ0n) is 16.5. The van der Waals surface area contributed by atoms with Crippen molar-refractivity contribution in [3.05, 3.63) is 41.6 Å². The third kappa shape index (κ3) is 2.87. The molecule has 1 saturated heterocycles. The molecule has 6 nitrogen and oxygen atoms in total. The molecule has 5 rings (SSSR count). The van der Waals surface area contributed by atoms with Crippen LogP contribution in [0.2, 0.25) is 0 Å². The van der Waals surface area contributed by atoms with Crippen LogP contribution in [0.3, 0.4) is 0 Å². The molecule has 1 aromatic carbocycles. The average Bonchev–Trinajstić information content (AvgIpc) is 3.11. The molecule has 1 aromatic heterocycles. The summed E-state index contributed by atoms with van der Waals surface area (Å²) in [6.07, 6.45) is 6.92. The van der Waals surface area contributed by atoms with E-state index in [4.69, 9.17) is 9.57 Å². The molecule has 2 atom stereocenters. The van der Waals surface area contributed by atoms with Gasteiger partial charge in [0.2, 0.25) is 0 Å². The van der Waals surface area contributed by atoms with Crippen LogP contribution in [0.15, 0.2) is 30.5 Å². The van der Waals surface area contributed by atoms with E-state index in [2.05, 4.69) is 47.7 Å². The zero-order valence-corrected chi connectivity index (χ0v) is 16.5. The quantitative estimate of drug-likeness (QED) is 0.803. The van der Waals surface area contributed by atoms with Crippen molar-refractivity contribution in [1.29, 1.82) is 0 Å². The first-order chi connectivity index (χ1) is 13.5. The van der Waals surface area contributed by atoms with Crippen LogP contribution in [0.4, 0.5) is 0 Å². The second kappa shape index (κ2) is 6.72. The van der Waals surface area contributed by atoms with E-state index in [-0.39, 0.29) is 23.5 Å². The Labute approximate surface area is 164 Å². The molecule has 28 heavy (non-hydrogen) atoms. The van der Waals surface area contributed by atoms with Crippen molar-refractivity contribution in [2.45, 2.75) is 37.8 Å². The first-order valence-corrected chi connectivity index (χ1v) is 10.1. The Bertz CT molecular complexity index is 944. The smallest absolute Gasteiger partial charge is 0.254 e. The number of hydrogen-bond donors (Lipinski definition) is 2. The SMILES string of the molecule is CN(OC1CCOCC1)C(=O)[C@@H]1C=C2c3cccc4[nH]cc(c34)C[C@@]2(C)NC1. The molecule has 0 spiro atoms. The van der Waals surface area contributed by atoms with Crippen molar-refractivity contribution in [3.63, 3.8) is 0 Å². The molecule has 0 unspecified atom stereocenters. The van der Waals surface area contributed by atoms with Gasteiger partial charge in [-0.25, -0.2) is 5.06 Å². The van der Waals surface area contributed by atoms with Gasteiger partial charge in [0.15, 0.2) is 0 Å². The highest BCUT2D eigenvalue weighted by Gasteiger charge is 2.41. The molecule has 0 radical (unpaired) electrons. The van der Waals surface area contributed by atoms with Gasteiger partial charge in [-0.3, -0.25) is 9.63 Å². The van der Waals surface area contributed by atoms with Gasteiger partial charge in [0.25, 0.3) is 5.91 Å². The molecule has 148 valence electrons. The number of hydroxylamine groups is 2. The van der Waals surface area contributed by atoms with Gasteiger partial charge in [0.05, 0.1) is 12.0 Å². The Kier molecular flexibility index (Phi) is 4.30. The molecule has 0 bridgehead atoms. The maximum Gasteiger partial charge on any atom is 0.254 e. The predicted octanol–water partition coefficient (Wildman–Crippen LogP) is 2.65. The Morgan fingerprint density at radius 2 is 2.14 bits per heavy atom. The van der Waals surface area contributed by atoms with E-state index in [1.165, 1.54) is 27.1 Å². The average molecular weight is 381 g/mol. The van der Waals surface area contributed by atoms with Gasteiger partial charge in [-0.1, -0.05) is 18.2 Å². The highest BCUT2D eigenvalue weighted by Crippen LogP contribution is 2.43. The second-order valence-corrected chi connectivity index (χ2v) is 8.37. The van der Waals surface area contributed by atoms with E-state index in [0.29, 0.717) is 19.8 Å². The number of carbonyl (C=O) groups is 1. The van der Waals surface area contributed by atoms with E-state index >= 15 is 0 Å². The molecule has 1 aliphatic carbocycles. The number of nitrogens with zero attached hydrogens (tertiary/aromatic N) is 1. The number of amides is 1. The predicted molar refractivity (Wildman–Crippen MR) is 108 cm³/mol. The van der Waals surface area contributed by atoms with Crippen LogP contribution >= 0.6 is 0 Å². The van der Waals surface area contributed by atoms with Crippen LogP contribution in [-0.4, -0.2) is 54.4 Å². The van der Waals surface area contributed by atoms with Crippen molar-refractivity contribution in [2.24, 2.45) is 5.92 Å². The molecule has 2 aromatic rings. The molecule has 2 N–H and O–H groups in total. The van der Waals surface area contributed by atoms with Gasteiger partial charge in [-0.15, -0.1) is 0 Å². The second-order valence-electron chi connectivity index (χ2n) is 8.37. The Morgan fingerprint density at radius 3 is 2.96 bits per heavy atom. The topological polar surface area (TPSA) is 66.6 Å². The fourth-order valence-electron chi connectivity index (χ4n) is 4.87. The fourth-order valence-corrected chi connectivity index (χ4v) is 4.87. The maximum absolute atomic E-state index is 13.1. The van der Waals surface area contributed by atoms with Gasteiger partial charge in [-0.05, 0) is 49.0 Å². The number of rotatable bonds is 3. The maximum atomic E-state index is 13.1. The molecular weight excluding hydrogens is 354 g/mol. The lowest BCUT2D eigenvalue weighted by atomic mass is 9.72. The van der Waals surface area contributed by atoms with Crippen molar-refractivity contribution in [3.8, 4) is 0 Å². The number of aromatic amines is 1. The third-order valence-corrected chi connectivity index (χ3v) is 6.40. The number of fused-ring (bicyclic) bond motifs is 2. The van der Waals surface area contributed by atoms with Crippen molar-refractivity contribution in [2.75, 3.05) is 26.8 Å². The van der Waals surface area contributed by atoms with Gasteiger partial charge in [0, 0.05) is 49.4 Å². The number of ether oxygens (including phenoxy) is 1. The lowest BCUT2D eigenvalue weighted by Crippen LogP contribution is -2.53. The molecule has 1 fully saturated rings. The van der Waals surface area contributed by atoms with E-state index in [1.54, 1.807) is 7.05 Å².